The van der Waals surface area contributed by atoms with E-state index in [4.69, 9.17) is 0 Å². The summed E-state index contributed by atoms with van der Waals surface area (Å²) in [6.45, 7) is 0. The van der Waals surface area contributed by atoms with E-state index in [-0.39, 0.29) is 27.0 Å². The molecule has 0 aliphatic carbocycles. The zero-order valence-corrected chi connectivity index (χ0v) is 18.6. The molecule has 0 fully saturated rings. The Morgan fingerprint density at radius 2 is 1.80 bits per heavy atom. The highest BCUT2D eigenvalue weighted by atomic mass is 32.2. The molecule has 35 heavy (non-hydrogen) atoms. The van der Waals surface area contributed by atoms with Gasteiger partial charge in [-0.1, -0.05) is 12.1 Å². The number of nitrogens with one attached hydrogen (secondary N) is 4. The second-order valence-electron chi connectivity index (χ2n) is 7.45. The van der Waals surface area contributed by atoms with E-state index in [1.165, 1.54) is 31.6 Å². The molecule has 4 N–H and O–H groups in total. The van der Waals surface area contributed by atoms with Gasteiger partial charge in [0.25, 0.3) is 15.9 Å². The molecule has 13 heteroatoms. The second kappa shape index (κ2) is 8.13. The number of fused-ring (bicyclic) bond motifs is 2. The molecule has 0 spiro atoms. The number of carbonyl (C=O) groups excluding carboxylic acids is 1. The quantitative estimate of drug-likeness (QED) is 0.292. The van der Waals surface area contributed by atoms with E-state index in [1.54, 1.807) is 6.07 Å². The number of para-hydroxylation sites is 1. The summed E-state index contributed by atoms with van der Waals surface area (Å²) in [6, 6.07) is 8.45. The van der Waals surface area contributed by atoms with Crippen LogP contribution in [0.15, 0.2) is 53.7 Å². The van der Waals surface area contributed by atoms with Crippen LogP contribution in [0.3, 0.4) is 0 Å². The summed E-state index contributed by atoms with van der Waals surface area (Å²) in [5.74, 6) is -4.10. The molecule has 1 amide bonds. The highest BCUT2D eigenvalue weighted by Crippen LogP contribution is 2.36. The predicted octanol–water partition coefficient (Wildman–Crippen LogP) is 3.68. The third kappa shape index (κ3) is 3.56. The number of hydrogen-bond acceptors (Lipinski definition) is 5. The first-order valence-corrected chi connectivity index (χ1v) is 11.5. The Hall–Kier alpha value is -4.39. The van der Waals surface area contributed by atoms with Crippen molar-refractivity contribution >= 4 is 43.6 Å². The lowest BCUT2D eigenvalue weighted by Gasteiger charge is -2.13. The van der Waals surface area contributed by atoms with E-state index in [1.807, 2.05) is 0 Å². The molecule has 0 aliphatic rings. The second-order valence-corrected chi connectivity index (χ2v) is 9.10. The average Bonchev–Trinajstić information content (AvgIpc) is 3.49. The van der Waals surface area contributed by atoms with Gasteiger partial charge >= 0.3 is 0 Å². The molecule has 3 aromatic carbocycles. The van der Waals surface area contributed by atoms with Crippen LogP contribution in [-0.4, -0.2) is 41.5 Å². The first-order valence-electron chi connectivity index (χ1n) is 10.0. The van der Waals surface area contributed by atoms with Crippen LogP contribution in [0, 0.1) is 17.5 Å². The Morgan fingerprint density at radius 1 is 1.00 bits per heavy atom. The number of aromatic amines is 2. The number of imidazole rings is 1. The smallest absolute Gasteiger partial charge is 0.269 e. The predicted molar refractivity (Wildman–Crippen MR) is 122 cm³/mol. The number of sulfonamides is 1. The largest absolute Gasteiger partial charge is 0.354 e. The summed E-state index contributed by atoms with van der Waals surface area (Å²) in [4.78, 5) is 18.4. The lowest BCUT2D eigenvalue weighted by Crippen LogP contribution is -2.18. The fourth-order valence-electron chi connectivity index (χ4n) is 3.77. The highest BCUT2D eigenvalue weighted by molar-refractivity contribution is 7.93. The molecule has 5 aromatic rings. The van der Waals surface area contributed by atoms with Gasteiger partial charge in [-0.25, -0.2) is 26.6 Å². The van der Waals surface area contributed by atoms with Gasteiger partial charge < -0.3 is 10.3 Å². The zero-order valence-electron chi connectivity index (χ0n) is 17.8. The Balaban J connectivity index is 1.61. The summed E-state index contributed by atoms with van der Waals surface area (Å²) in [7, 11) is -2.97. The Bertz CT molecular complexity index is 1750. The fraction of sp³-hybridized carbons (Fsp3) is 0.0455. The zero-order chi connectivity index (χ0) is 24.9. The molecule has 2 heterocycles. The molecule has 0 bridgehead atoms. The van der Waals surface area contributed by atoms with Gasteiger partial charge in [0.05, 0.1) is 23.1 Å². The standard InChI is InChI=1S/C22H15F3N6O3S/c1-26-22(32)20-11-6-5-10(17(24)19(11)29-30-20)16-12(23)7-8-13(18(16)25)31-35(33,34)15-4-2-3-14-21(15)28-9-27-14/h2-9,31H,1H3,(H,26,32)(H,27,28)(H,29,30). The third-order valence-corrected chi connectivity index (χ3v) is 6.82. The van der Waals surface area contributed by atoms with Crippen molar-refractivity contribution in [2.24, 2.45) is 0 Å². The number of rotatable bonds is 5. The minimum Gasteiger partial charge on any atom is -0.354 e. The van der Waals surface area contributed by atoms with E-state index < -0.39 is 50.2 Å². The Labute approximate surface area is 195 Å². The number of anilines is 1. The number of hydrogen-bond donors (Lipinski definition) is 4. The number of carbonyl (C=O) groups is 1. The van der Waals surface area contributed by atoms with Gasteiger partial charge in [-0.3, -0.25) is 14.6 Å². The molecule has 0 saturated carbocycles. The van der Waals surface area contributed by atoms with E-state index >= 15 is 8.78 Å². The van der Waals surface area contributed by atoms with Crippen molar-refractivity contribution < 1.29 is 26.4 Å². The van der Waals surface area contributed by atoms with Crippen LogP contribution in [-0.2, 0) is 10.0 Å². The topological polar surface area (TPSA) is 133 Å². The van der Waals surface area contributed by atoms with Gasteiger partial charge in [-0.2, -0.15) is 5.10 Å². The Kier molecular flexibility index (Phi) is 5.20. The highest BCUT2D eigenvalue weighted by Gasteiger charge is 2.26. The van der Waals surface area contributed by atoms with E-state index in [9.17, 15) is 17.6 Å². The molecule has 0 atom stereocenters. The van der Waals surface area contributed by atoms with Crippen molar-refractivity contribution in [2.75, 3.05) is 11.8 Å². The van der Waals surface area contributed by atoms with Crippen LogP contribution in [0.5, 0.6) is 0 Å². The van der Waals surface area contributed by atoms with Gasteiger partial charge in [0.1, 0.15) is 27.4 Å². The molecular weight excluding hydrogens is 485 g/mol. The number of benzene rings is 3. The molecule has 5 rings (SSSR count). The summed E-state index contributed by atoms with van der Waals surface area (Å²) in [5, 5.41) is 8.63. The van der Waals surface area contributed by atoms with Crippen LogP contribution in [0.2, 0.25) is 0 Å². The van der Waals surface area contributed by atoms with Crippen LogP contribution >= 0.6 is 0 Å². The third-order valence-electron chi connectivity index (χ3n) is 5.43. The van der Waals surface area contributed by atoms with Crippen molar-refractivity contribution in [1.29, 1.82) is 0 Å². The maximum absolute atomic E-state index is 15.4. The lowest BCUT2D eigenvalue weighted by molar-refractivity contribution is 0.0959. The summed E-state index contributed by atoms with van der Waals surface area (Å²) >= 11 is 0. The summed E-state index contributed by atoms with van der Waals surface area (Å²) in [6.07, 6.45) is 1.31. The van der Waals surface area contributed by atoms with Crippen LogP contribution in [0.25, 0.3) is 33.1 Å². The van der Waals surface area contributed by atoms with Crippen LogP contribution < -0.4 is 10.0 Å². The first-order chi connectivity index (χ1) is 16.7. The van der Waals surface area contributed by atoms with E-state index in [0.717, 1.165) is 18.2 Å². The molecular formula is C22H15F3N6O3S. The minimum atomic E-state index is -4.35. The number of H-pyrrole nitrogens is 2. The molecule has 0 saturated heterocycles. The van der Waals surface area contributed by atoms with Crippen molar-refractivity contribution in [3.8, 4) is 11.1 Å². The number of halogens is 3. The molecule has 0 unspecified atom stereocenters. The summed E-state index contributed by atoms with van der Waals surface area (Å²) < 4.78 is 73.5. The van der Waals surface area contributed by atoms with Crippen molar-refractivity contribution in [3.05, 3.63) is 71.9 Å². The lowest BCUT2D eigenvalue weighted by atomic mass is 10.0. The first kappa shape index (κ1) is 22.4. The maximum atomic E-state index is 15.4. The van der Waals surface area contributed by atoms with Gasteiger partial charge in [-0.05, 0) is 30.3 Å². The maximum Gasteiger partial charge on any atom is 0.269 e. The SMILES string of the molecule is CNC(=O)c1[nH]nc2c(F)c(-c3c(F)ccc(NS(=O)(=O)c4cccc5[nH]cnc45)c3F)ccc12. The van der Waals surface area contributed by atoms with Gasteiger partial charge in [-0.15, -0.1) is 0 Å². The van der Waals surface area contributed by atoms with E-state index in [0.29, 0.717) is 5.52 Å². The van der Waals surface area contributed by atoms with E-state index in [2.05, 4.69) is 30.2 Å². The average molecular weight is 500 g/mol. The number of amides is 1. The van der Waals surface area contributed by atoms with Gasteiger partial charge in [0.15, 0.2) is 11.6 Å². The van der Waals surface area contributed by atoms with Crippen molar-refractivity contribution in [3.63, 3.8) is 0 Å². The Morgan fingerprint density at radius 3 is 2.57 bits per heavy atom. The molecule has 9 nitrogen and oxygen atoms in total. The molecule has 2 aromatic heterocycles. The van der Waals surface area contributed by atoms with Crippen LogP contribution in [0.4, 0.5) is 18.9 Å². The van der Waals surface area contributed by atoms with Crippen LogP contribution in [0.1, 0.15) is 10.5 Å². The molecule has 178 valence electrons. The number of aromatic nitrogens is 4. The monoisotopic (exact) mass is 500 g/mol. The summed E-state index contributed by atoms with van der Waals surface area (Å²) in [5.41, 5.74) is -1.66. The van der Waals surface area contributed by atoms with Gasteiger partial charge in [0.2, 0.25) is 0 Å². The van der Waals surface area contributed by atoms with Crippen molar-refractivity contribution in [1.82, 2.24) is 25.5 Å². The molecule has 0 radical (unpaired) electrons. The minimum absolute atomic E-state index is 0.0250. The van der Waals surface area contributed by atoms with Gasteiger partial charge in [0, 0.05) is 18.0 Å². The number of nitrogens with zero attached hydrogens (tertiary/aromatic N) is 2. The van der Waals surface area contributed by atoms with Crippen molar-refractivity contribution in [2.45, 2.75) is 4.90 Å². The fourth-order valence-corrected chi connectivity index (χ4v) is 5.00. The normalized spacial score (nSPS) is 11.8. The molecule has 0 aliphatic heterocycles.